The first-order chi connectivity index (χ1) is 19.7. The Balaban J connectivity index is 0.000000161. The zero-order valence-corrected chi connectivity index (χ0v) is 26.2. The van der Waals surface area contributed by atoms with E-state index in [0.29, 0.717) is 0 Å². The molecule has 0 spiro atoms. The number of halogens is 1. The van der Waals surface area contributed by atoms with Crippen molar-refractivity contribution in [1.29, 1.82) is 0 Å². The molecule has 40 heavy (non-hydrogen) atoms. The molecular weight excluding hydrogens is 698 g/mol. The van der Waals surface area contributed by atoms with Crippen molar-refractivity contribution in [3.05, 3.63) is 104 Å². The minimum atomic E-state index is 0.899. The Morgan fingerprint density at radius 1 is 0.650 bits per heavy atom. The summed E-state index contributed by atoms with van der Waals surface area (Å²) in [7, 11) is 8.58. The van der Waals surface area contributed by atoms with E-state index in [0.717, 1.165) is 35.1 Å². The van der Waals surface area contributed by atoms with Crippen molar-refractivity contribution in [1.82, 2.24) is 38.6 Å². The fourth-order valence-corrected chi connectivity index (χ4v) is 3.94. The third-order valence-electron chi connectivity index (χ3n) is 5.96. The first kappa shape index (κ1) is 30.9. The van der Waals surface area contributed by atoms with Crippen LogP contribution in [0, 0.1) is 0 Å². The van der Waals surface area contributed by atoms with Crippen molar-refractivity contribution in [2.45, 2.75) is 32.7 Å². The number of pyridine rings is 2. The molecule has 0 saturated carbocycles. The molecule has 6 rings (SSSR count). The Morgan fingerprint density at radius 2 is 1.20 bits per heavy atom. The number of hydrogen-bond acceptors (Lipinski definition) is 5. The molecule has 5 heterocycles. The summed E-state index contributed by atoms with van der Waals surface area (Å²) in [5.41, 5.74) is 4.17. The Kier molecular flexibility index (Phi) is 13.2. The van der Waals surface area contributed by atoms with Gasteiger partial charge in [-0.25, -0.2) is 15.0 Å². The van der Waals surface area contributed by atoms with Gasteiger partial charge in [0.1, 0.15) is 11.4 Å². The van der Waals surface area contributed by atoms with Crippen molar-refractivity contribution >= 4 is 20.7 Å². The molecule has 0 amide bonds. The quantitative estimate of drug-likeness (QED) is 0.175. The molecule has 0 unspecified atom stereocenters. The third kappa shape index (κ3) is 8.94. The standard InChI is InChI=1S/C12H16N2.2C9H9N3.ClH.Os/c1-2-3-6-9-14-10-13-11-7-4-5-8-12(11)14;2*1-12-7-6-11-9(12)8-4-2-3-5-10-8;;/h4-5,7-8,10H,2-3,6,9H2,1H3;2*2-7H,1H3;1H;/q;;;;+1/p-1. The molecule has 10 heteroatoms. The zero-order chi connectivity index (χ0) is 28.6. The van der Waals surface area contributed by atoms with Crippen LogP contribution in [-0.2, 0) is 38.2 Å². The van der Waals surface area contributed by atoms with E-state index in [1.807, 2.05) is 84.4 Å². The molecule has 0 saturated heterocycles. The van der Waals surface area contributed by atoms with E-state index in [9.17, 15) is 0 Å². The summed E-state index contributed by atoms with van der Waals surface area (Å²) < 4.78 is 6.13. The van der Waals surface area contributed by atoms with Gasteiger partial charge in [-0.3, -0.25) is 9.97 Å². The van der Waals surface area contributed by atoms with Crippen molar-refractivity contribution in [3.63, 3.8) is 0 Å². The summed E-state index contributed by atoms with van der Waals surface area (Å²) in [5.74, 6) is 1.80. The van der Waals surface area contributed by atoms with Crippen molar-refractivity contribution in [2.75, 3.05) is 0 Å². The second-order valence-electron chi connectivity index (χ2n) is 8.79. The summed E-state index contributed by atoms with van der Waals surface area (Å²) in [6, 6.07) is 19.9. The summed E-state index contributed by atoms with van der Waals surface area (Å²) >= 11 is 1.33. The predicted octanol–water partition coefficient (Wildman–Crippen LogP) is 6.88. The van der Waals surface area contributed by atoms with Crippen LogP contribution in [0.15, 0.2) is 104 Å². The summed E-state index contributed by atoms with van der Waals surface area (Å²) in [5, 5.41) is 0. The van der Waals surface area contributed by atoms with E-state index in [4.69, 9.17) is 0 Å². The summed E-state index contributed by atoms with van der Waals surface area (Å²) in [6.07, 6.45) is 16.6. The van der Waals surface area contributed by atoms with Crippen LogP contribution in [0.1, 0.15) is 26.2 Å². The number of benzene rings is 1. The molecule has 0 bridgehead atoms. The molecule has 0 aliphatic rings. The van der Waals surface area contributed by atoms with Crippen molar-refractivity contribution in [3.8, 4) is 23.0 Å². The average molecular weight is 732 g/mol. The number of hydrogen-bond donors (Lipinski definition) is 0. The average Bonchev–Trinajstić information content (AvgIpc) is 3.76. The molecule has 0 aliphatic heterocycles. The Labute approximate surface area is 250 Å². The fourth-order valence-electron chi connectivity index (χ4n) is 3.94. The van der Waals surface area contributed by atoms with Crippen LogP contribution in [-0.4, -0.2) is 38.6 Å². The monoisotopic (exact) mass is 733 g/mol. The second kappa shape index (κ2) is 17.1. The topological polar surface area (TPSA) is 79.2 Å². The number of aryl methyl sites for hydroxylation is 3. The van der Waals surface area contributed by atoms with Crippen LogP contribution in [0.5, 0.6) is 0 Å². The Hall–Kier alpha value is -3.66. The molecule has 5 aromatic heterocycles. The molecule has 0 atom stereocenters. The minimum absolute atomic E-state index is 0.899. The number of imidazole rings is 3. The fraction of sp³-hybridized carbons (Fsp3) is 0.233. The molecule has 209 valence electrons. The van der Waals surface area contributed by atoms with Gasteiger partial charge in [0.25, 0.3) is 0 Å². The number of unbranched alkanes of at least 4 members (excludes halogenated alkanes) is 2. The Morgan fingerprint density at radius 3 is 1.68 bits per heavy atom. The van der Waals surface area contributed by atoms with Crippen LogP contribution < -0.4 is 0 Å². The number of nitrogens with zero attached hydrogens (tertiary/aromatic N) is 8. The Bertz CT molecular complexity index is 1440. The zero-order valence-electron chi connectivity index (χ0n) is 23.0. The van der Waals surface area contributed by atoms with E-state index in [2.05, 4.69) is 64.2 Å². The number of fused-ring (bicyclic) bond motifs is 1. The molecule has 0 N–H and O–H groups in total. The summed E-state index contributed by atoms with van der Waals surface area (Å²) in [4.78, 5) is 21.1. The second-order valence-corrected chi connectivity index (χ2v) is 8.79. The molecule has 0 fully saturated rings. The van der Waals surface area contributed by atoms with Gasteiger partial charge in [-0.2, -0.15) is 0 Å². The summed E-state index contributed by atoms with van der Waals surface area (Å²) in [6.45, 7) is 3.32. The van der Waals surface area contributed by atoms with Crippen LogP contribution in [0.4, 0.5) is 0 Å². The van der Waals surface area contributed by atoms with Gasteiger partial charge in [0.05, 0.1) is 17.4 Å². The van der Waals surface area contributed by atoms with Gasteiger partial charge in [-0.1, -0.05) is 44.0 Å². The van der Waals surface area contributed by atoms with Crippen LogP contribution >= 0.6 is 9.64 Å². The SMILES string of the molecule is CCCCCn1cnc2ccccc21.Cn1ccnc1-c1ccccn1.Cn1ccnc1-c1ccccn1.[Cl][Os]. The third-order valence-corrected chi connectivity index (χ3v) is 5.96. The number of aromatic nitrogens is 8. The van der Waals surface area contributed by atoms with E-state index >= 15 is 0 Å². The first-order valence-electron chi connectivity index (χ1n) is 13.0. The van der Waals surface area contributed by atoms with Crippen molar-refractivity contribution in [2.24, 2.45) is 14.1 Å². The van der Waals surface area contributed by atoms with Crippen LogP contribution in [0.2, 0.25) is 0 Å². The van der Waals surface area contributed by atoms with Crippen LogP contribution in [0.3, 0.4) is 0 Å². The van der Waals surface area contributed by atoms with E-state index in [-0.39, 0.29) is 0 Å². The van der Waals surface area contributed by atoms with Gasteiger partial charge in [0, 0.05) is 57.8 Å². The van der Waals surface area contributed by atoms with E-state index in [1.54, 1.807) is 24.8 Å². The number of para-hydroxylation sites is 2. The first-order valence-corrected chi connectivity index (χ1v) is 16.1. The van der Waals surface area contributed by atoms with E-state index in [1.165, 1.54) is 42.4 Å². The molecule has 6 aromatic rings. The van der Waals surface area contributed by atoms with Crippen molar-refractivity contribution < 1.29 is 17.6 Å². The molecule has 0 radical (unpaired) electrons. The van der Waals surface area contributed by atoms with E-state index < -0.39 is 0 Å². The van der Waals surface area contributed by atoms with Gasteiger partial charge in [-0.15, -0.1) is 0 Å². The van der Waals surface area contributed by atoms with Gasteiger partial charge in [0.15, 0.2) is 11.6 Å². The van der Waals surface area contributed by atoms with Gasteiger partial charge >= 0.3 is 27.2 Å². The normalized spacial score (nSPS) is 10.0. The van der Waals surface area contributed by atoms with Gasteiger partial charge < -0.3 is 13.7 Å². The predicted molar refractivity (Wildman–Crippen MR) is 158 cm³/mol. The van der Waals surface area contributed by atoms with Crippen LogP contribution in [0.25, 0.3) is 34.1 Å². The molecule has 1 aromatic carbocycles. The molecule has 8 nitrogen and oxygen atoms in total. The molecule has 0 aliphatic carbocycles. The number of rotatable bonds is 6. The van der Waals surface area contributed by atoms with Gasteiger partial charge in [-0.05, 0) is 42.8 Å². The molecular formula is C30H34ClN8Os. The van der Waals surface area contributed by atoms with Gasteiger partial charge in [0.2, 0.25) is 0 Å². The maximum absolute atomic E-state index is 4.67. The maximum atomic E-state index is 4.67.